The van der Waals surface area contributed by atoms with Crippen LogP contribution in [0.15, 0.2) is 4.99 Å². The van der Waals surface area contributed by atoms with Gasteiger partial charge in [-0.2, -0.15) is 13.2 Å². The van der Waals surface area contributed by atoms with Crippen molar-refractivity contribution < 1.29 is 13.2 Å². The van der Waals surface area contributed by atoms with Gasteiger partial charge in [-0.05, 0) is 25.8 Å². The zero-order chi connectivity index (χ0) is 16.6. The zero-order valence-electron chi connectivity index (χ0n) is 14.2. The van der Waals surface area contributed by atoms with Crippen molar-refractivity contribution >= 4 is 29.9 Å². The number of likely N-dealkylation sites (N-methyl/N-ethyl adjacent to an activating group) is 1. The van der Waals surface area contributed by atoms with E-state index < -0.39 is 12.7 Å². The maximum Gasteiger partial charge on any atom is 0.401 e. The van der Waals surface area contributed by atoms with Gasteiger partial charge in [-0.15, -0.1) is 24.0 Å². The van der Waals surface area contributed by atoms with Crippen LogP contribution >= 0.6 is 24.0 Å². The summed E-state index contributed by atoms with van der Waals surface area (Å²) in [4.78, 5) is 5.42. The van der Waals surface area contributed by atoms with Crippen molar-refractivity contribution in [1.82, 2.24) is 15.5 Å². The van der Waals surface area contributed by atoms with Crippen LogP contribution in [0.2, 0.25) is 0 Å². The van der Waals surface area contributed by atoms with Crippen molar-refractivity contribution in [3.8, 4) is 0 Å². The van der Waals surface area contributed by atoms with E-state index in [1.165, 1.54) is 31.2 Å². The molecular weight excluding hydrogens is 420 g/mol. The molecule has 0 saturated heterocycles. The van der Waals surface area contributed by atoms with E-state index in [9.17, 15) is 13.2 Å². The second-order valence-electron chi connectivity index (χ2n) is 6.13. The van der Waals surface area contributed by atoms with E-state index >= 15 is 0 Å². The molecule has 0 radical (unpaired) electrons. The van der Waals surface area contributed by atoms with E-state index in [-0.39, 0.29) is 24.0 Å². The summed E-state index contributed by atoms with van der Waals surface area (Å²) in [5.41, 5.74) is 0. The minimum absolute atomic E-state index is 0. The molecule has 4 nitrogen and oxygen atoms in total. The van der Waals surface area contributed by atoms with Crippen LogP contribution in [0.25, 0.3) is 0 Å². The van der Waals surface area contributed by atoms with Gasteiger partial charge < -0.3 is 10.6 Å². The molecule has 1 aliphatic rings. The molecule has 0 amide bonds. The largest absolute Gasteiger partial charge is 0.401 e. The van der Waals surface area contributed by atoms with Crippen LogP contribution in [0.1, 0.15) is 39.0 Å². The Bertz CT molecular complexity index is 350. The molecule has 1 fully saturated rings. The second kappa shape index (κ2) is 11.3. The lowest BCUT2D eigenvalue weighted by Crippen LogP contribution is -2.47. The van der Waals surface area contributed by atoms with Gasteiger partial charge in [0.25, 0.3) is 0 Å². The van der Waals surface area contributed by atoms with Gasteiger partial charge in [0.15, 0.2) is 5.96 Å². The summed E-state index contributed by atoms with van der Waals surface area (Å²) in [7, 11) is 3.16. The summed E-state index contributed by atoms with van der Waals surface area (Å²) in [6, 6.07) is 0.415. The van der Waals surface area contributed by atoms with Gasteiger partial charge in [-0.3, -0.25) is 9.89 Å². The number of alkyl halides is 3. The van der Waals surface area contributed by atoms with Crippen LogP contribution in [-0.2, 0) is 0 Å². The van der Waals surface area contributed by atoms with Gasteiger partial charge in [-0.25, -0.2) is 0 Å². The fourth-order valence-electron chi connectivity index (χ4n) is 2.93. The Balaban J connectivity index is 0.00000484. The molecule has 0 aromatic carbocycles. The first kappa shape index (κ1) is 22.8. The minimum atomic E-state index is -4.15. The fraction of sp³-hybridized carbons (Fsp3) is 0.933. The lowest BCUT2D eigenvalue weighted by molar-refractivity contribution is -0.142. The summed E-state index contributed by atoms with van der Waals surface area (Å²) < 4.78 is 36.7. The van der Waals surface area contributed by atoms with Gasteiger partial charge in [-0.1, -0.05) is 26.2 Å². The summed E-state index contributed by atoms with van der Waals surface area (Å²) in [6.45, 7) is 2.09. The number of nitrogens with one attached hydrogen (secondary N) is 2. The average molecular weight is 450 g/mol. The zero-order valence-corrected chi connectivity index (χ0v) is 16.6. The van der Waals surface area contributed by atoms with Crippen molar-refractivity contribution in [2.24, 2.45) is 10.9 Å². The summed E-state index contributed by atoms with van der Waals surface area (Å²) >= 11 is 0. The van der Waals surface area contributed by atoms with E-state index in [0.717, 1.165) is 18.8 Å². The van der Waals surface area contributed by atoms with E-state index in [4.69, 9.17) is 0 Å². The molecule has 2 N–H and O–H groups in total. The molecule has 0 aromatic rings. The van der Waals surface area contributed by atoms with E-state index in [0.29, 0.717) is 25.1 Å². The molecule has 138 valence electrons. The van der Waals surface area contributed by atoms with Crippen LogP contribution < -0.4 is 10.6 Å². The van der Waals surface area contributed by atoms with Gasteiger partial charge in [0.05, 0.1) is 6.54 Å². The first-order chi connectivity index (χ1) is 10.3. The quantitative estimate of drug-likeness (QED) is 0.371. The lowest BCUT2D eigenvalue weighted by Gasteiger charge is -2.30. The Morgan fingerprint density at radius 2 is 2.00 bits per heavy atom. The van der Waals surface area contributed by atoms with E-state index in [1.54, 1.807) is 7.05 Å². The van der Waals surface area contributed by atoms with Crippen molar-refractivity contribution in [3.05, 3.63) is 0 Å². The predicted molar refractivity (Wildman–Crippen MR) is 99.5 cm³/mol. The van der Waals surface area contributed by atoms with Crippen LogP contribution in [0.4, 0.5) is 13.2 Å². The smallest absolute Gasteiger partial charge is 0.355 e. The van der Waals surface area contributed by atoms with E-state index in [1.807, 2.05) is 0 Å². The Morgan fingerprint density at radius 1 is 1.30 bits per heavy atom. The Morgan fingerprint density at radius 3 is 2.57 bits per heavy atom. The van der Waals surface area contributed by atoms with Crippen LogP contribution in [0.5, 0.6) is 0 Å². The SMILES string of the molecule is CCC1CCCC(NC(=NC)NCCN(C)CC(F)(F)F)C1.I. The predicted octanol–water partition coefficient (Wildman–Crippen LogP) is 3.23. The highest BCUT2D eigenvalue weighted by Gasteiger charge is 2.28. The molecule has 1 saturated carbocycles. The standard InChI is InChI=1S/C15H29F3N4.HI/c1-4-12-6-5-7-13(10-12)21-14(19-2)20-8-9-22(3)11-15(16,17)18;/h12-13H,4-11H2,1-3H3,(H2,19,20,21);1H. The van der Waals surface area contributed by atoms with Gasteiger partial charge >= 0.3 is 6.18 Å². The molecule has 0 heterocycles. The summed E-state index contributed by atoms with van der Waals surface area (Å²) in [5, 5.41) is 6.49. The summed E-state index contributed by atoms with van der Waals surface area (Å²) in [6.07, 6.45) is 1.85. The first-order valence-electron chi connectivity index (χ1n) is 8.06. The minimum Gasteiger partial charge on any atom is -0.355 e. The highest BCUT2D eigenvalue weighted by Crippen LogP contribution is 2.26. The molecule has 0 spiro atoms. The molecular formula is C15H30F3IN4. The third kappa shape index (κ3) is 10.3. The fourth-order valence-corrected chi connectivity index (χ4v) is 2.93. The highest BCUT2D eigenvalue weighted by atomic mass is 127. The number of rotatable bonds is 6. The van der Waals surface area contributed by atoms with Crippen molar-refractivity contribution in [1.29, 1.82) is 0 Å². The van der Waals surface area contributed by atoms with Crippen LogP contribution in [0.3, 0.4) is 0 Å². The van der Waals surface area contributed by atoms with Crippen molar-refractivity contribution in [2.75, 3.05) is 33.7 Å². The number of nitrogens with zero attached hydrogens (tertiary/aromatic N) is 2. The highest BCUT2D eigenvalue weighted by molar-refractivity contribution is 14.0. The number of hydrogen-bond donors (Lipinski definition) is 2. The number of hydrogen-bond acceptors (Lipinski definition) is 2. The Labute approximate surface area is 154 Å². The topological polar surface area (TPSA) is 39.7 Å². The first-order valence-corrected chi connectivity index (χ1v) is 8.06. The molecule has 0 bridgehead atoms. The van der Waals surface area contributed by atoms with E-state index in [2.05, 4.69) is 22.5 Å². The lowest BCUT2D eigenvalue weighted by atomic mass is 9.84. The van der Waals surface area contributed by atoms with Gasteiger partial charge in [0, 0.05) is 26.2 Å². The average Bonchev–Trinajstić information content (AvgIpc) is 2.44. The third-order valence-electron chi connectivity index (χ3n) is 4.16. The van der Waals surface area contributed by atoms with Crippen LogP contribution in [0, 0.1) is 5.92 Å². The molecule has 0 aliphatic heterocycles. The van der Waals surface area contributed by atoms with Gasteiger partial charge in [0.1, 0.15) is 0 Å². The molecule has 2 unspecified atom stereocenters. The molecule has 1 rings (SSSR count). The maximum absolute atomic E-state index is 12.2. The van der Waals surface area contributed by atoms with Gasteiger partial charge in [0.2, 0.25) is 0 Å². The molecule has 23 heavy (non-hydrogen) atoms. The molecule has 0 aromatic heterocycles. The second-order valence-corrected chi connectivity index (χ2v) is 6.13. The van der Waals surface area contributed by atoms with Crippen molar-refractivity contribution in [3.63, 3.8) is 0 Å². The van der Waals surface area contributed by atoms with Crippen LogP contribution in [-0.4, -0.2) is 56.8 Å². The molecule has 8 heteroatoms. The maximum atomic E-state index is 12.2. The Hall–Kier alpha value is -0.250. The van der Waals surface area contributed by atoms with Crippen molar-refractivity contribution in [2.45, 2.75) is 51.2 Å². The third-order valence-corrected chi connectivity index (χ3v) is 4.16. The number of aliphatic imine (C=N–C) groups is 1. The molecule has 1 aliphatic carbocycles. The monoisotopic (exact) mass is 450 g/mol. The number of guanidine groups is 1. The summed E-state index contributed by atoms with van der Waals surface area (Å²) in [5.74, 6) is 1.45. The normalized spacial score (nSPS) is 22.7. The molecule has 2 atom stereocenters. The number of halogens is 4. The Kier molecular flexibility index (Phi) is 11.2.